The molecule has 0 aromatic heterocycles. The molecule has 4 aliphatic carbocycles. The third kappa shape index (κ3) is 2.51. The van der Waals surface area contributed by atoms with Gasteiger partial charge >= 0.3 is 0 Å². The van der Waals surface area contributed by atoms with Crippen molar-refractivity contribution in [1.29, 1.82) is 0 Å². The zero-order valence-corrected chi connectivity index (χ0v) is 20.2. The Bertz CT molecular complexity index is 845. The van der Waals surface area contributed by atoms with Crippen LogP contribution in [0.4, 0.5) is 0 Å². The SMILES string of the molecule is C[C@@H]1CC[C@@]2(OC1)O[C@H]1C[C@H]3[C@@H]4CC(=O)[C@@]5(O)CC(=O)CC[C@]5(C)[C@H]4CC[C@]3(C)[C@H]1[C@@H]2C. The van der Waals surface area contributed by atoms with E-state index in [-0.39, 0.29) is 29.5 Å². The second-order valence-electron chi connectivity index (χ2n) is 13.0. The normalized spacial score (nSPS) is 59.5. The standard InChI is InChI=1S/C27H40O5/c1-15-5-10-27(31-14-15)16(2)23-21(32-27)12-20-18-11-22(29)26(30)13-17(28)6-9-25(26,4)19(18)7-8-24(20,23)3/h15-16,18-21,23,30H,5-14H2,1-4H3/t15-,16+,18-,19+,20+,21+,23+,24+,25-,26+,27-/m1/s1. The van der Waals surface area contributed by atoms with Gasteiger partial charge in [0.2, 0.25) is 0 Å². The molecule has 0 amide bonds. The second-order valence-corrected chi connectivity index (χ2v) is 13.0. The van der Waals surface area contributed by atoms with Crippen molar-refractivity contribution in [2.24, 2.45) is 46.3 Å². The molecule has 6 rings (SSSR count). The minimum Gasteiger partial charge on any atom is -0.381 e. The highest BCUT2D eigenvalue weighted by atomic mass is 16.7. The molecular formula is C27H40O5. The summed E-state index contributed by atoms with van der Waals surface area (Å²) in [5.74, 6) is 2.05. The number of carbonyl (C=O) groups is 2. The average molecular weight is 445 g/mol. The van der Waals surface area contributed by atoms with Crippen molar-refractivity contribution in [2.45, 2.75) is 103 Å². The minimum absolute atomic E-state index is 0.0250. The Morgan fingerprint density at radius 1 is 1.03 bits per heavy atom. The van der Waals surface area contributed by atoms with Crippen molar-refractivity contribution >= 4 is 11.6 Å². The monoisotopic (exact) mass is 444 g/mol. The lowest BCUT2D eigenvalue weighted by molar-refractivity contribution is -0.273. The van der Waals surface area contributed by atoms with Gasteiger partial charge in [-0.3, -0.25) is 9.59 Å². The summed E-state index contributed by atoms with van der Waals surface area (Å²) in [6, 6.07) is 0. The number of Topliss-reactive ketones (excluding diaryl/α,β-unsaturated/α-hetero) is 2. The number of carbonyl (C=O) groups excluding carboxylic acids is 2. The number of fused-ring (bicyclic) bond motifs is 7. The van der Waals surface area contributed by atoms with Gasteiger partial charge in [0.05, 0.1) is 12.7 Å². The van der Waals surface area contributed by atoms with E-state index >= 15 is 0 Å². The number of hydrogen-bond donors (Lipinski definition) is 1. The quantitative estimate of drug-likeness (QED) is 0.603. The highest BCUT2D eigenvalue weighted by Gasteiger charge is 2.72. The second kappa shape index (κ2) is 6.66. The van der Waals surface area contributed by atoms with Gasteiger partial charge in [-0.25, -0.2) is 0 Å². The molecule has 0 radical (unpaired) electrons. The van der Waals surface area contributed by atoms with Crippen LogP contribution in [0.2, 0.25) is 0 Å². The van der Waals surface area contributed by atoms with Crippen molar-refractivity contribution in [3.8, 4) is 0 Å². The molecule has 6 aliphatic rings. The van der Waals surface area contributed by atoms with Gasteiger partial charge in [0.15, 0.2) is 11.6 Å². The molecule has 2 saturated heterocycles. The van der Waals surface area contributed by atoms with Gasteiger partial charge in [0.1, 0.15) is 11.4 Å². The smallest absolute Gasteiger partial charge is 0.171 e. The van der Waals surface area contributed by atoms with Gasteiger partial charge in [-0.1, -0.05) is 27.7 Å². The molecule has 0 aromatic rings. The number of ketones is 2. The Balaban J connectivity index is 1.31. The fourth-order valence-corrected chi connectivity index (χ4v) is 9.85. The Kier molecular flexibility index (Phi) is 4.53. The molecule has 1 spiro atoms. The van der Waals surface area contributed by atoms with Crippen LogP contribution in [0, 0.1) is 46.3 Å². The van der Waals surface area contributed by atoms with E-state index in [9.17, 15) is 14.7 Å². The maximum absolute atomic E-state index is 13.4. The van der Waals surface area contributed by atoms with Crippen molar-refractivity contribution < 1.29 is 24.2 Å². The summed E-state index contributed by atoms with van der Waals surface area (Å²) in [5.41, 5.74) is -1.78. The summed E-state index contributed by atoms with van der Waals surface area (Å²) in [7, 11) is 0. The van der Waals surface area contributed by atoms with Crippen molar-refractivity contribution in [1.82, 2.24) is 0 Å². The third-order valence-corrected chi connectivity index (χ3v) is 11.7. The van der Waals surface area contributed by atoms with Gasteiger partial charge in [0.25, 0.3) is 0 Å². The fourth-order valence-electron chi connectivity index (χ4n) is 9.85. The molecule has 6 fully saturated rings. The molecule has 1 N–H and O–H groups in total. The molecule has 2 aliphatic heterocycles. The van der Waals surface area contributed by atoms with Crippen LogP contribution in [0.25, 0.3) is 0 Å². The molecule has 11 atom stereocenters. The first-order chi connectivity index (χ1) is 15.0. The average Bonchev–Trinajstić information content (AvgIpc) is 3.18. The number of rotatable bonds is 0. The Labute approximate surface area is 192 Å². The Morgan fingerprint density at radius 3 is 2.53 bits per heavy atom. The molecule has 0 aromatic carbocycles. The third-order valence-electron chi connectivity index (χ3n) is 11.7. The summed E-state index contributed by atoms with van der Waals surface area (Å²) >= 11 is 0. The summed E-state index contributed by atoms with van der Waals surface area (Å²) in [6.45, 7) is 9.96. The predicted molar refractivity (Wildman–Crippen MR) is 119 cm³/mol. The van der Waals surface area contributed by atoms with Crippen LogP contribution in [-0.2, 0) is 19.1 Å². The summed E-state index contributed by atoms with van der Waals surface area (Å²) < 4.78 is 13.2. The topological polar surface area (TPSA) is 72.8 Å². The first kappa shape index (κ1) is 21.7. The van der Waals surface area contributed by atoms with Gasteiger partial charge in [-0.2, -0.15) is 0 Å². The van der Waals surface area contributed by atoms with Crippen molar-refractivity contribution in [3.63, 3.8) is 0 Å². The van der Waals surface area contributed by atoms with E-state index in [1.54, 1.807) is 0 Å². The van der Waals surface area contributed by atoms with E-state index in [1.165, 1.54) is 6.42 Å². The summed E-state index contributed by atoms with van der Waals surface area (Å²) in [6.07, 6.45) is 7.14. The minimum atomic E-state index is -1.45. The van der Waals surface area contributed by atoms with E-state index < -0.39 is 16.8 Å². The lowest BCUT2D eigenvalue weighted by Gasteiger charge is -2.62. The lowest BCUT2D eigenvalue weighted by atomic mass is 9.42. The van der Waals surface area contributed by atoms with Gasteiger partial charge in [-0.05, 0) is 67.1 Å². The van der Waals surface area contributed by atoms with Crippen LogP contribution in [0.15, 0.2) is 0 Å². The van der Waals surface area contributed by atoms with Crippen LogP contribution < -0.4 is 0 Å². The van der Waals surface area contributed by atoms with Crippen molar-refractivity contribution in [3.05, 3.63) is 0 Å². The molecule has 4 saturated carbocycles. The first-order valence-electron chi connectivity index (χ1n) is 13.1. The highest BCUT2D eigenvalue weighted by Crippen LogP contribution is 2.71. The van der Waals surface area contributed by atoms with Gasteiger partial charge in [0, 0.05) is 37.0 Å². The summed E-state index contributed by atoms with van der Waals surface area (Å²) in [4.78, 5) is 25.6. The van der Waals surface area contributed by atoms with Crippen molar-refractivity contribution in [2.75, 3.05) is 6.61 Å². The van der Waals surface area contributed by atoms with E-state index in [0.717, 1.165) is 32.3 Å². The maximum atomic E-state index is 13.4. The first-order valence-corrected chi connectivity index (χ1v) is 13.1. The molecule has 178 valence electrons. The van der Waals surface area contributed by atoms with Crippen LogP contribution in [0.1, 0.15) is 85.5 Å². The summed E-state index contributed by atoms with van der Waals surface area (Å²) in [5, 5.41) is 11.5. The van der Waals surface area contributed by atoms with E-state index in [4.69, 9.17) is 9.47 Å². The number of ether oxygens (including phenoxy) is 2. The molecular weight excluding hydrogens is 404 g/mol. The fraction of sp³-hybridized carbons (Fsp3) is 0.926. The number of hydrogen-bond acceptors (Lipinski definition) is 5. The lowest BCUT2D eigenvalue weighted by Crippen LogP contribution is -2.66. The molecule has 0 bridgehead atoms. The number of aliphatic hydroxyl groups is 1. The van der Waals surface area contributed by atoms with Gasteiger partial charge in [-0.15, -0.1) is 0 Å². The zero-order chi connectivity index (χ0) is 22.7. The molecule has 0 unspecified atom stereocenters. The predicted octanol–water partition coefficient (Wildman–Crippen LogP) is 4.30. The van der Waals surface area contributed by atoms with E-state index in [1.807, 2.05) is 0 Å². The van der Waals surface area contributed by atoms with Crippen LogP contribution >= 0.6 is 0 Å². The van der Waals surface area contributed by atoms with Crippen LogP contribution in [-0.4, -0.2) is 40.8 Å². The highest BCUT2D eigenvalue weighted by molar-refractivity contribution is 5.96. The Hall–Kier alpha value is -0.780. The van der Waals surface area contributed by atoms with Crippen LogP contribution in [0.3, 0.4) is 0 Å². The van der Waals surface area contributed by atoms with E-state index in [0.29, 0.717) is 54.8 Å². The van der Waals surface area contributed by atoms with Crippen LogP contribution in [0.5, 0.6) is 0 Å². The molecule has 2 heterocycles. The largest absolute Gasteiger partial charge is 0.381 e. The van der Waals surface area contributed by atoms with Gasteiger partial charge < -0.3 is 14.6 Å². The maximum Gasteiger partial charge on any atom is 0.171 e. The zero-order valence-electron chi connectivity index (χ0n) is 20.2. The molecule has 5 nitrogen and oxygen atoms in total. The van der Waals surface area contributed by atoms with E-state index in [2.05, 4.69) is 27.7 Å². The Morgan fingerprint density at radius 2 is 1.81 bits per heavy atom. The molecule has 32 heavy (non-hydrogen) atoms. The molecule has 5 heteroatoms.